The first-order valence-corrected chi connectivity index (χ1v) is 12.8. The number of imidazole rings is 1. The second-order valence-electron chi connectivity index (χ2n) is 8.98. The maximum Gasteiger partial charge on any atom is 0.359 e. The highest BCUT2D eigenvalue weighted by Gasteiger charge is 2.51. The van der Waals surface area contributed by atoms with Gasteiger partial charge < -0.3 is 30.7 Å². The quantitative estimate of drug-likeness (QED) is 0.301. The standard InChI is InChI=1S/C20H34N5O8P/c1-6-19(4,29)34(30,31)33-20(7-2,8-3)9-11-13(26)14(27)17(32-11)25-10-22-12-15(25)23-18(21)24(5)16(12)28/h10-11,13-14,17,26-27,29H,6-9H2,1-5H3,(H2,21,23)(H,30,31). The van der Waals surface area contributed by atoms with Crippen molar-refractivity contribution in [1.82, 2.24) is 19.1 Å². The Hall–Kier alpha value is -1.86. The SMILES string of the molecule is CCC(CC)(CC1OC(n2cnc3c(=O)n(C)c(N)nc32)C(O)C1O)OP(=O)(O)C(C)(O)CC. The van der Waals surface area contributed by atoms with Gasteiger partial charge in [0.2, 0.25) is 5.95 Å². The van der Waals surface area contributed by atoms with E-state index in [9.17, 15) is 29.6 Å². The average Bonchev–Trinajstić information content (AvgIpc) is 3.32. The lowest BCUT2D eigenvalue weighted by Gasteiger charge is -2.39. The molecule has 0 bridgehead atoms. The Bertz CT molecular complexity index is 1140. The number of hydrogen-bond acceptors (Lipinski definition) is 10. The Morgan fingerprint density at radius 1 is 1.24 bits per heavy atom. The molecule has 1 fully saturated rings. The zero-order valence-electron chi connectivity index (χ0n) is 20.0. The van der Waals surface area contributed by atoms with Gasteiger partial charge in [-0.3, -0.25) is 23.0 Å². The van der Waals surface area contributed by atoms with E-state index in [4.69, 9.17) is 15.0 Å². The van der Waals surface area contributed by atoms with E-state index in [2.05, 4.69) is 9.97 Å². The number of ether oxygens (including phenoxy) is 1. The molecule has 192 valence electrons. The Balaban J connectivity index is 1.92. The van der Waals surface area contributed by atoms with E-state index in [0.717, 1.165) is 4.57 Å². The van der Waals surface area contributed by atoms with Gasteiger partial charge in [-0.15, -0.1) is 0 Å². The Morgan fingerprint density at radius 2 is 1.85 bits per heavy atom. The molecule has 1 aliphatic rings. The molecule has 13 nitrogen and oxygen atoms in total. The lowest BCUT2D eigenvalue weighted by atomic mass is 9.88. The van der Waals surface area contributed by atoms with Crippen molar-refractivity contribution in [2.24, 2.45) is 7.05 Å². The topological polar surface area (TPSA) is 195 Å². The molecule has 34 heavy (non-hydrogen) atoms. The van der Waals surface area contributed by atoms with Gasteiger partial charge in [0.25, 0.3) is 5.56 Å². The fourth-order valence-electron chi connectivity index (χ4n) is 4.01. The van der Waals surface area contributed by atoms with Crippen LogP contribution in [-0.2, 0) is 20.9 Å². The summed E-state index contributed by atoms with van der Waals surface area (Å²) in [6.45, 7) is 6.31. The number of rotatable bonds is 9. The first-order valence-electron chi connectivity index (χ1n) is 11.2. The second-order valence-corrected chi connectivity index (χ2v) is 11.2. The number of hydrogen-bond donors (Lipinski definition) is 5. The molecular formula is C20H34N5O8P. The van der Waals surface area contributed by atoms with Crippen molar-refractivity contribution < 1.29 is 34.0 Å². The van der Waals surface area contributed by atoms with Crippen molar-refractivity contribution in [2.45, 2.75) is 88.9 Å². The van der Waals surface area contributed by atoms with Gasteiger partial charge in [-0.05, 0) is 26.2 Å². The van der Waals surface area contributed by atoms with Gasteiger partial charge in [0.1, 0.15) is 12.2 Å². The summed E-state index contributed by atoms with van der Waals surface area (Å²) >= 11 is 0. The van der Waals surface area contributed by atoms with Crippen LogP contribution in [0.5, 0.6) is 0 Å². The van der Waals surface area contributed by atoms with Crippen LogP contribution < -0.4 is 11.3 Å². The molecule has 0 radical (unpaired) electrons. The van der Waals surface area contributed by atoms with Gasteiger partial charge in [-0.25, -0.2) is 4.98 Å². The van der Waals surface area contributed by atoms with E-state index in [1.165, 1.54) is 24.9 Å². The monoisotopic (exact) mass is 503 g/mol. The van der Waals surface area contributed by atoms with Crippen LogP contribution in [0.25, 0.3) is 11.2 Å². The van der Waals surface area contributed by atoms with Gasteiger partial charge in [-0.2, -0.15) is 4.98 Å². The molecule has 3 heterocycles. The molecule has 14 heteroatoms. The molecule has 1 saturated heterocycles. The summed E-state index contributed by atoms with van der Waals surface area (Å²) in [4.78, 5) is 31.1. The smallest absolute Gasteiger partial charge is 0.359 e. The van der Waals surface area contributed by atoms with E-state index < -0.39 is 48.6 Å². The summed E-state index contributed by atoms with van der Waals surface area (Å²) in [5, 5.41) is 29.9. The number of nitrogens with two attached hydrogens (primary N) is 1. The molecule has 6 unspecified atom stereocenters. The number of aliphatic hydroxyl groups is 3. The molecule has 1 aliphatic heterocycles. The van der Waals surface area contributed by atoms with Crippen molar-refractivity contribution in [3.05, 3.63) is 16.7 Å². The zero-order valence-corrected chi connectivity index (χ0v) is 20.8. The lowest BCUT2D eigenvalue weighted by molar-refractivity contribution is -0.0753. The number of aromatic nitrogens is 4. The number of nitrogens with zero attached hydrogens (tertiary/aromatic N) is 4. The molecule has 6 N–H and O–H groups in total. The number of fused-ring (bicyclic) bond motifs is 1. The molecule has 3 rings (SSSR count). The fourth-order valence-corrected chi connectivity index (χ4v) is 5.46. The van der Waals surface area contributed by atoms with Crippen LogP contribution in [0.2, 0.25) is 0 Å². The second kappa shape index (κ2) is 9.30. The molecule has 2 aromatic heterocycles. The van der Waals surface area contributed by atoms with Gasteiger partial charge >= 0.3 is 7.60 Å². The maximum absolute atomic E-state index is 12.9. The average molecular weight is 503 g/mol. The van der Waals surface area contributed by atoms with Crippen molar-refractivity contribution in [1.29, 1.82) is 0 Å². The maximum atomic E-state index is 12.9. The van der Waals surface area contributed by atoms with Gasteiger partial charge in [0.05, 0.1) is 18.0 Å². The third-order valence-electron chi connectivity index (χ3n) is 6.91. The molecule has 2 aromatic rings. The molecule has 0 aliphatic carbocycles. The minimum atomic E-state index is -4.47. The van der Waals surface area contributed by atoms with Crippen molar-refractivity contribution in [2.75, 3.05) is 5.73 Å². The highest BCUT2D eigenvalue weighted by molar-refractivity contribution is 7.54. The molecule has 0 amide bonds. The summed E-state index contributed by atoms with van der Waals surface area (Å²) in [7, 11) is -3.02. The van der Waals surface area contributed by atoms with Crippen LogP contribution in [0.4, 0.5) is 5.95 Å². The van der Waals surface area contributed by atoms with E-state index in [0.29, 0.717) is 0 Å². The Kier molecular flexibility index (Phi) is 7.32. The fraction of sp³-hybridized carbons (Fsp3) is 0.750. The van der Waals surface area contributed by atoms with Crippen molar-refractivity contribution in [3.8, 4) is 0 Å². The van der Waals surface area contributed by atoms with Crippen LogP contribution in [-0.4, -0.2) is 68.6 Å². The number of nitrogen functional groups attached to an aromatic ring is 1. The van der Waals surface area contributed by atoms with Gasteiger partial charge in [-0.1, -0.05) is 20.8 Å². The minimum Gasteiger partial charge on any atom is -0.388 e. The van der Waals surface area contributed by atoms with Crippen LogP contribution in [0.1, 0.15) is 59.6 Å². The normalized spacial score (nSPS) is 27.1. The summed E-state index contributed by atoms with van der Waals surface area (Å²) in [6, 6.07) is 0. The molecule has 0 saturated carbocycles. The zero-order chi connectivity index (χ0) is 25.6. The predicted octanol–water partition coefficient (Wildman–Crippen LogP) is 0.601. The third-order valence-corrected chi connectivity index (χ3v) is 9.08. The van der Waals surface area contributed by atoms with E-state index in [1.807, 2.05) is 0 Å². The van der Waals surface area contributed by atoms with Crippen LogP contribution in [0.3, 0.4) is 0 Å². The van der Waals surface area contributed by atoms with Crippen LogP contribution >= 0.6 is 7.60 Å². The third kappa shape index (κ3) is 4.41. The largest absolute Gasteiger partial charge is 0.388 e. The summed E-state index contributed by atoms with van der Waals surface area (Å²) in [5.74, 6) is -0.0603. The summed E-state index contributed by atoms with van der Waals surface area (Å²) in [6.07, 6.45) is -3.14. The van der Waals surface area contributed by atoms with Gasteiger partial charge in [0, 0.05) is 13.5 Å². The highest BCUT2D eigenvalue weighted by Crippen LogP contribution is 2.59. The van der Waals surface area contributed by atoms with Crippen LogP contribution in [0, 0.1) is 0 Å². The molecule has 6 atom stereocenters. The van der Waals surface area contributed by atoms with Gasteiger partial charge in [0.15, 0.2) is 22.7 Å². The number of anilines is 1. The number of aliphatic hydroxyl groups excluding tert-OH is 2. The Labute approximate surface area is 196 Å². The highest BCUT2D eigenvalue weighted by atomic mass is 31.2. The lowest BCUT2D eigenvalue weighted by Crippen LogP contribution is -2.41. The molecule has 0 spiro atoms. The van der Waals surface area contributed by atoms with E-state index >= 15 is 0 Å². The Morgan fingerprint density at radius 3 is 2.41 bits per heavy atom. The van der Waals surface area contributed by atoms with Crippen molar-refractivity contribution in [3.63, 3.8) is 0 Å². The van der Waals surface area contributed by atoms with E-state index in [1.54, 1.807) is 20.8 Å². The molecule has 0 aromatic carbocycles. The summed E-state index contributed by atoms with van der Waals surface area (Å²) < 4.78 is 26.9. The first kappa shape index (κ1) is 26.7. The minimum absolute atomic E-state index is 0.00305. The predicted molar refractivity (Wildman–Crippen MR) is 123 cm³/mol. The molecular weight excluding hydrogens is 469 g/mol. The summed E-state index contributed by atoms with van der Waals surface area (Å²) in [5.41, 5.74) is 4.21. The van der Waals surface area contributed by atoms with E-state index in [-0.39, 0.29) is 42.8 Å². The first-order chi connectivity index (χ1) is 15.7. The van der Waals surface area contributed by atoms with Crippen molar-refractivity contribution >= 4 is 24.7 Å². The van der Waals surface area contributed by atoms with Crippen LogP contribution in [0.15, 0.2) is 11.1 Å².